The van der Waals surface area contributed by atoms with Crippen molar-refractivity contribution in [3.05, 3.63) is 65.2 Å². The van der Waals surface area contributed by atoms with Gasteiger partial charge in [-0.15, -0.1) is 0 Å². The van der Waals surface area contributed by atoms with Crippen LogP contribution in [-0.2, 0) is 31.6 Å². The van der Waals surface area contributed by atoms with Gasteiger partial charge in [0.1, 0.15) is 12.6 Å². The van der Waals surface area contributed by atoms with Gasteiger partial charge in [0.25, 0.3) is 0 Å². The largest absolute Gasteiger partial charge is 0.350 e. The summed E-state index contributed by atoms with van der Waals surface area (Å²) in [6.07, 6.45) is 8.93. The first-order chi connectivity index (χ1) is 19.6. The molecule has 0 aromatic heterocycles. The average Bonchev–Trinajstić information content (AvgIpc) is 2.87. The molecule has 0 heterocycles. The second-order valence-corrected chi connectivity index (χ2v) is 16.3. The fraction of sp³-hybridized carbons (Fsp3) is 0.588. The predicted octanol–water partition coefficient (Wildman–Crippen LogP) is 5.56. The normalized spacial score (nSPS) is 25.6. The SMILES string of the molecule is Cc1cccc(CN(C(=O)CN(c2ccc(C34CC5CC(CC(C5)C3)C4)cc2)S(C)(=O)=O)C(C)C(=O)NC(C)(C)C)c1. The molecule has 8 heteroatoms. The van der Waals surface area contributed by atoms with Gasteiger partial charge < -0.3 is 10.2 Å². The molecular formula is C34H47N3O4S. The molecule has 6 rings (SSSR count). The number of rotatable bonds is 9. The number of anilines is 1. The molecule has 228 valence electrons. The van der Waals surface area contributed by atoms with Crippen LogP contribution in [0.15, 0.2) is 48.5 Å². The Kier molecular flexibility index (Phi) is 8.25. The first-order valence-corrected chi connectivity index (χ1v) is 17.2. The van der Waals surface area contributed by atoms with Crippen LogP contribution in [0.1, 0.15) is 82.9 Å². The van der Waals surface area contributed by atoms with Crippen LogP contribution >= 0.6 is 0 Å². The number of aryl methyl sites for hydroxylation is 1. The molecule has 0 saturated heterocycles. The highest BCUT2D eigenvalue weighted by atomic mass is 32.2. The van der Waals surface area contributed by atoms with Crippen molar-refractivity contribution >= 4 is 27.5 Å². The quantitative estimate of drug-likeness (QED) is 0.413. The van der Waals surface area contributed by atoms with E-state index in [0.29, 0.717) is 5.69 Å². The van der Waals surface area contributed by atoms with E-state index >= 15 is 0 Å². The number of benzene rings is 2. The Hall–Kier alpha value is -2.87. The van der Waals surface area contributed by atoms with Gasteiger partial charge in [-0.25, -0.2) is 8.42 Å². The van der Waals surface area contributed by atoms with Crippen LogP contribution in [0.3, 0.4) is 0 Å². The molecule has 7 nitrogen and oxygen atoms in total. The van der Waals surface area contributed by atoms with Crippen LogP contribution in [0.5, 0.6) is 0 Å². The maximum Gasteiger partial charge on any atom is 0.244 e. The van der Waals surface area contributed by atoms with Crippen LogP contribution in [0.4, 0.5) is 5.69 Å². The molecule has 0 radical (unpaired) electrons. The molecule has 4 fully saturated rings. The molecule has 1 N–H and O–H groups in total. The highest BCUT2D eigenvalue weighted by molar-refractivity contribution is 7.92. The first-order valence-electron chi connectivity index (χ1n) is 15.4. The number of sulfonamides is 1. The molecule has 1 atom stereocenters. The lowest BCUT2D eigenvalue weighted by atomic mass is 9.48. The summed E-state index contributed by atoms with van der Waals surface area (Å²) < 4.78 is 27.3. The van der Waals surface area contributed by atoms with Gasteiger partial charge in [0.15, 0.2) is 0 Å². The monoisotopic (exact) mass is 593 g/mol. The Balaban J connectivity index is 1.39. The minimum absolute atomic E-state index is 0.196. The third kappa shape index (κ3) is 6.69. The fourth-order valence-electron chi connectivity index (χ4n) is 8.12. The van der Waals surface area contributed by atoms with E-state index in [4.69, 9.17) is 0 Å². The Morgan fingerprint density at radius 2 is 1.55 bits per heavy atom. The third-order valence-electron chi connectivity index (χ3n) is 9.59. The molecule has 2 aromatic carbocycles. The molecule has 4 bridgehead atoms. The minimum Gasteiger partial charge on any atom is -0.350 e. The Bertz CT molecular complexity index is 1390. The maximum absolute atomic E-state index is 13.9. The van der Waals surface area contributed by atoms with Gasteiger partial charge >= 0.3 is 0 Å². The second-order valence-electron chi connectivity index (χ2n) is 14.4. The van der Waals surface area contributed by atoms with E-state index in [-0.39, 0.29) is 24.4 Å². The Labute approximate surface area is 252 Å². The van der Waals surface area contributed by atoms with Crippen molar-refractivity contribution in [2.24, 2.45) is 17.8 Å². The minimum atomic E-state index is -3.77. The van der Waals surface area contributed by atoms with Crippen LogP contribution in [0, 0.1) is 24.7 Å². The number of hydrogen-bond donors (Lipinski definition) is 1. The summed E-state index contributed by atoms with van der Waals surface area (Å²) in [6, 6.07) is 14.9. The summed E-state index contributed by atoms with van der Waals surface area (Å²) in [6.45, 7) is 9.16. The third-order valence-corrected chi connectivity index (χ3v) is 10.7. The number of nitrogens with zero attached hydrogens (tertiary/aromatic N) is 2. The zero-order valence-corrected chi connectivity index (χ0v) is 26.8. The number of nitrogens with one attached hydrogen (secondary N) is 1. The molecule has 2 amide bonds. The van der Waals surface area contributed by atoms with Gasteiger partial charge in [0, 0.05) is 12.1 Å². The van der Waals surface area contributed by atoms with Gasteiger partial charge in [-0.05, 0) is 120 Å². The van der Waals surface area contributed by atoms with Gasteiger partial charge in [-0.1, -0.05) is 42.0 Å². The van der Waals surface area contributed by atoms with Crippen molar-refractivity contribution < 1.29 is 18.0 Å². The molecule has 2 aromatic rings. The second kappa shape index (κ2) is 11.3. The van der Waals surface area contributed by atoms with Crippen molar-refractivity contribution in [3.8, 4) is 0 Å². The lowest BCUT2D eigenvalue weighted by Crippen LogP contribution is -2.54. The van der Waals surface area contributed by atoms with Crippen LogP contribution in [0.25, 0.3) is 0 Å². The van der Waals surface area contributed by atoms with Crippen molar-refractivity contribution in [3.63, 3.8) is 0 Å². The van der Waals surface area contributed by atoms with E-state index in [0.717, 1.165) is 35.1 Å². The Morgan fingerprint density at radius 3 is 2.05 bits per heavy atom. The molecule has 0 aliphatic heterocycles. The topological polar surface area (TPSA) is 86.8 Å². The van der Waals surface area contributed by atoms with Gasteiger partial charge in [0.05, 0.1) is 11.9 Å². The van der Waals surface area contributed by atoms with E-state index in [9.17, 15) is 18.0 Å². The summed E-state index contributed by atoms with van der Waals surface area (Å²) in [5.41, 5.74) is 3.44. The highest BCUT2D eigenvalue weighted by Crippen LogP contribution is 2.60. The molecule has 1 unspecified atom stereocenters. The van der Waals surface area contributed by atoms with Gasteiger partial charge in [-0.3, -0.25) is 13.9 Å². The van der Waals surface area contributed by atoms with E-state index in [1.54, 1.807) is 6.92 Å². The Morgan fingerprint density at radius 1 is 0.976 bits per heavy atom. The molecule has 4 saturated carbocycles. The predicted molar refractivity (Wildman–Crippen MR) is 168 cm³/mol. The molecule has 4 aliphatic rings. The lowest BCUT2D eigenvalue weighted by Gasteiger charge is -2.57. The number of carbonyl (C=O) groups is 2. The van der Waals surface area contributed by atoms with Crippen LogP contribution in [0.2, 0.25) is 0 Å². The van der Waals surface area contributed by atoms with E-state index < -0.39 is 27.5 Å². The fourth-order valence-corrected chi connectivity index (χ4v) is 8.97. The highest BCUT2D eigenvalue weighted by Gasteiger charge is 2.51. The number of hydrogen-bond acceptors (Lipinski definition) is 4. The summed E-state index contributed by atoms with van der Waals surface area (Å²) >= 11 is 0. The van der Waals surface area contributed by atoms with Gasteiger partial charge in [-0.2, -0.15) is 0 Å². The van der Waals surface area contributed by atoms with Gasteiger partial charge in [0.2, 0.25) is 21.8 Å². The average molecular weight is 594 g/mol. The van der Waals surface area contributed by atoms with Crippen molar-refractivity contribution in [2.75, 3.05) is 17.1 Å². The summed E-state index contributed by atoms with van der Waals surface area (Å²) in [4.78, 5) is 28.6. The zero-order chi connectivity index (χ0) is 30.4. The molecule has 4 aliphatic carbocycles. The van der Waals surface area contributed by atoms with Crippen LogP contribution < -0.4 is 9.62 Å². The van der Waals surface area contributed by atoms with Crippen molar-refractivity contribution in [1.29, 1.82) is 0 Å². The summed E-state index contributed by atoms with van der Waals surface area (Å²) in [5.74, 6) is 1.74. The maximum atomic E-state index is 13.9. The van der Waals surface area contributed by atoms with E-state index in [1.807, 2.05) is 64.1 Å². The van der Waals surface area contributed by atoms with Crippen molar-refractivity contribution in [2.45, 2.75) is 96.7 Å². The zero-order valence-electron chi connectivity index (χ0n) is 26.0. The summed E-state index contributed by atoms with van der Waals surface area (Å²) in [7, 11) is -3.77. The first kappa shape index (κ1) is 30.6. The molecule has 42 heavy (non-hydrogen) atoms. The summed E-state index contributed by atoms with van der Waals surface area (Å²) in [5, 5.41) is 2.96. The lowest BCUT2D eigenvalue weighted by molar-refractivity contribution is -0.140. The number of carbonyl (C=O) groups excluding carboxylic acids is 2. The number of amides is 2. The van der Waals surface area contributed by atoms with E-state index in [2.05, 4.69) is 17.4 Å². The van der Waals surface area contributed by atoms with E-state index in [1.165, 1.54) is 53.3 Å². The molecule has 0 spiro atoms. The standard InChI is InChI=1S/C34H47N3O4S/c1-23-8-7-9-25(14-23)21-36(24(2)32(39)35-33(3,4)5)31(38)22-37(42(6,40)41)30-12-10-29(11-13-30)34-18-26-15-27(19-34)17-28(16-26)20-34/h7-14,24,26-28H,15-22H2,1-6H3,(H,35,39). The van der Waals surface area contributed by atoms with Crippen molar-refractivity contribution in [1.82, 2.24) is 10.2 Å². The smallest absolute Gasteiger partial charge is 0.244 e. The molecular weight excluding hydrogens is 546 g/mol. The van der Waals surface area contributed by atoms with Crippen LogP contribution in [-0.4, -0.2) is 49.5 Å².